The molecule has 0 aliphatic heterocycles. The van der Waals surface area contributed by atoms with Crippen molar-refractivity contribution in [1.29, 1.82) is 0 Å². The molecule has 0 spiro atoms. The normalized spacial score (nSPS) is 10.5. The van der Waals surface area contributed by atoms with E-state index in [1.807, 2.05) is 6.08 Å². The molecule has 0 aliphatic carbocycles. The first-order valence-electron chi connectivity index (χ1n) is 10.00. The predicted octanol–water partition coefficient (Wildman–Crippen LogP) is 6.45. The lowest BCUT2D eigenvalue weighted by atomic mass is 10.1. The minimum atomic E-state index is -0.250. The number of hydrogen-bond donors (Lipinski definition) is 1. The maximum absolute atomic E-state index is 11.6. The van der Waals surface area contributed by atoms with Gasteiger partial charge in [0.1, 0.15) is 6.61 Å². The lowest BCUT2D eigenvalue weighted by Crippen LogP contribution is -2.04. The summed E-state index contributed by atoms with van der Waals surface area (Å²) >= 11 is 0. The van der Waals surface area contributed by atoms with Gasteiger partial charge < -0.3 is 9.84 Å². The summed E-state index contributed by atoms with van der Waals surface area (Å²) in [6.45, 7) is 8.76. The first kappa shape index (κ1) is 26.6. The van der Waals surface area contributed by atoms with Crippen LogP contribution in [-0.2, 0) is 14.3 Å². The van der Waals surface area contributed by atoms with Gasteiger partial charge in [0, 0.05) is 6.42 Å². The third-order valence-corrected chi connectivity index (χ3v) is 4.00. The van der Waals surface area contributed by atoms with Crippen molar-refractivity contribution in [3.63, 3.8) is 0 Å². The number of allylic oxidation sites excluding steroid dienone is 3. The maximum atomic E-state index is 11.6. The van der Waals surface area contributed by atoms with Gasteiger partial charge in [0.15, 0.2) is 0 Å². The minimum absolute atomic E-state index is 0.0515. The number of hydrogen-bond acceptors (Lipinski definition) is 3. The molecule has 26 heavy (non-hydrogen) atoms. The van der Waals surface area contributed by atoms with E-state index >= 15 is 0 Å². The molecule has 1 N–H and O–H groups in total. The van der Waals surface area contributed by atoms with Crippen LogP contribution in [0.1, 0.15) is 98.3 Å². The van der Waals surface area contributed by atoms with Crippen molar-refractivity contribution in [2.45, 2.75) is 98.3 Å². The van der Waals surface area contributed by atoms with Gasteiger partial charge >= 0.3 is 5.97 Å². The van der Waals surface area contributed by atoms with Crippen molar-refractivity contribution in [3.05, 3.63) is 23.3 Å². The Bertz CT molecular complexity index is 393. The van der Waals surface area contributed by atoms with Gasteiger partial charge in [-0.1, -0.05) is 69.1 Å². The molecule has 4 heteroatoms. The van der Waals surface area contributed by atoms with E-state index < -0.39 is 0 Å². The summed E-state index contributed by atoms with van der Waals surface area (Å²) in [7, 11) is 0. The van der Waals surface area contributed by atoms with Crippen LogP contribution in [0.3, 0.4) is 0 Å². The fraction of sp³-hybridized carbons (Fsp3) is 0.727. The third kappa shape index (κ3) is 24.7. The highest BCUT2D eigenvalue weighted by molar-refractivity contribution is 5.69. The Kier molecular flexibility index (Phi) is 22.0. The molecule has 0 heterocycles. The first-order chi connectivity index (χ1) is 12.5. The monoisotopic (exact) mass is 368 g/mol. The third-order valence-electron chi connectivity index (χ3n) is 4.00. The topological polar surface area (TPSA) is 63.6 Å². The molecule has 0 atom stereocenters. The zero-order chi connectivity index (χ0) is 20.0. The minimum Gasteiger partial charge on any atom is -0.483 e. The van der Waals surface area contributed by atoms with Crippen LogP contribution in [-0.4, -0.2) is 24.2 Å². The zero-order valence-electron chi connectivity index (χ0n) is 17.4. The van der Waals surface area contributed by atoms with Gasteiger partial charge in [-0.3, -0.25) is 9.59 Å². The summed E-state index contributed by atoms with van der Waals surface area (Å²) in [4.78, 5) is 20.0. The molecule has 152 valence electrons. The smallest absolute Gasteiger partial charge is 0.306 e. The van der Waals surface area contributed by atoms with Crippen molar-refractivity contribution >= 4 is 12.4 Å². The molecule has 0 amide bonds. The standard InChI is InChI=1S/C21H38O2.CH2O2/c1-5-6-7-8-9-10-11-12-16-21(22)23-18-17-20(4)15-13-14-19(2)3;2-1-3/h14,17H,5-13,15-16,18H2,1-4H3;1H,(H,2,3)/b20-17+;. The molecule has 0 saturated carbocycles. The van der Waals surface area contributed by atoms with E-state index in [1.54, 1.807) is 0 Å². The van der Waals surface area contributed by atoms with Crippen LogP contribution >= 0.6 is 0 Å². The summed E-state index contributed by atoms with van der Waals surface area (Å²) in [5, 5.41) is 6.89. The van der Waals surface area contributed by atoms with Crippen LogP contribution in [0.25, 0.3) is 0 Å². The fourth-order valence-corrected chi connectivity index (χ4v) is 2.44. The molecule has 0 bridgehead atoms. The van der Waals surface area contributed by atoms with Crippen molar-refractivity contribution in [2.24, 2.45) is 0 Å². The second kappa shape index (κ2) is 21.5. The van der Waals surface area contributed by atoms with Gasteiger partial charge in [-0.05, 0) is 46.1 Å². The Morgan fingerprint density at radius 2 is 1.42 bits per heavy atom. The predicted molar refractivity (Wildman–Crippen MR) is 109 cm³/mol. The lowest BCUT2D eigenvalue weighted by molar-refractivity contribution is -0.142. The van der Waals surface area contributed by atoms with E-state index in [-0.39, 0.29) is 12.4 Å². The number of ether oxygens (including phenoxy) is 1. The molecule has 4 nitrogen and oxygen atoms in total. The van der Waals surface area contributed by atoms with E-state index in [1.165, 1.54) is 49.7 Å². The second-order valence-corrected chi connectivity index (χ2v) is 6.88. The molecule has 0 radical (unpaired) electrons. The number of carbonyl (C=O) groups is 2. The summed E-state index contributed by atoms with van der Waals surface area (Å²) in [6, 6.07) is 0. The Morgan fingerprint density at radius 1 is 0.885 bits per heavy atom. The van der Waals surface area contributed by atoms with Crippen molar-refractivity contribution < 1.29 is 19.4 Å². The zero-order valence-corrected chi connectivity index (χ0v) is 17.4. The highest BCUT2D eigenvalue weighted by atomic mass is 16.5. The average Bonchev–Trinajstić information content (AvgIpc) is 2.57. The molecular weight excluding hydrogens is 328 g/mol. The SMILES string of the molecule is CCCCCCCCCCC(=O)OC/C=C(\C)CCC=C(C)C.O=CO. The van der Waals surface area contributed by atoms with E-state index in [4.69, 9.17) is 14.6 Å². The van der Waals surface area contributed by atoms with Crippen LogP contribution in [0, 0.1) is 0 Å². The van der Waals surface area contributed by atoms with Crippen molar-refractivity contribution in [3.8, 4) is 0 Å². The van der Waals surface area contributed by atoms with Crippen molar-refractivity contribution in [1.82, 2.24) is 0 Å². The molecule has 0 aliphatic rings. The fourth-order valence-electron chi connectivity index (χ4n) is 2.44. The number of carboxylic acid groups (broad SMARTS) is 1. The van der Waals surface area contributed by atoms with E-state index in [0.717, 1.165) is 25.7 Å². The quantitative estimate of drug-likeness (QED) is 0.165. The molecule has 0 rings (SSSR count). The van der Waals surface area contributed by atoms with Crippen LogP contribution < -0.4 is 0 Å². The molecule has 0 aromatic rings. The Hall–Kier alpha value is -1.58. The van der Waals surface area contributed by atoms with Crippen LogP contribution in [0.2, 0.25) is 0 Å². The Balaban J connectivity index is 0. The summed E-state index contributed by atoms with van der Waals surface area (Å²) in [5.74, 6) is -0.0515. The Labute approximate surface area is 160 Å². The maximum Gasteiger partial charge on any atom is 0.306 e. The van der Waals surface area contributed by atoms with E-state index in [2.05, 4.69) is 33.8 Å². The average molecular weight is 369 g/mol. The van der Waals surface area contributed by atoms with Gasteiger partial charge in [-0.2, -0.15) is 0 Å². The molecule has 0 unspecified atom stereocenters. The van der Waals surface area contributed by atoms with Crippen LogP contribution in [0.4, 0.5) is 0 Å². The van der Waals surface area contributed by atoms with Gasteiger partial charge in [0.05, 0.1) is 0 Å². The Morgan fingerprint density at radius 3 is 1.96 bits per heavy atom. The molecule has 0 aromatic carbocycles. The number of unbranched alkanes of at least 4 members (excludes halogenated alkanes) is 7. The van der Waals surface area contributed by atoms with Crippen LogP contribution in [0.5, 0.6) is 0 Å². The van der Waals surface area contributed by atoms with Gasteiger partial charge in [0.2, 0.25) is 0 Å². The first-order valence-corrected chi connectivity index (χ1v) is 10.00. The lowest BCUT2D eigenvalue weighted by Gasteiger charge is -2.04. The summed E-state index contributed by atoms with van der Waals surface area (Å²) in [6.07, 6.45) is 17.0. The molecule has 0 aromatic heterocycles. The summed E-state index contributed by atoms with van der Waals surface area (Å²) < 4.78 is 5.27. The largest absolute Gasteiger partial charge is 0.483 e. The number of esters is 1. The van der Waals surface area contributed by atoms with Crippen molar-refractivity contribution in [2.75, 3.05) is 6.61 Å². The molecule has 0 saturated heterocycles. The second-order valence-electron chi connectivity index (χ2n) is 6.88. The van der Waals surface area contributed by atoms with E-state index in [0.29, 0.717) is 13.0 Å². The van der Waals surface area contributed by atoms with E-state index in [9.17, 15) is 4.79 Å². The molecule has 0 fully saturated rings. The number of rotatable bonds is 14. The highest BCUT2D eigenvalue weighted by Gasteiger charge is 2.01. The van der Waals surface area contributed by atoms with Crippen LogP contribution in [0.15, 0.2) is 23.3 Å². The van der Waals surface area contributed by atoms with Gasteiger partial charge in [0.25, 0.3) is 6.47 Å². The van der Waals surface area contributed by atoms with Gasteiger partial charge in [-0.25, -0.2) is 0 Å². The summed E-state index contributed by atoms with van der Waals surface area (Å²) in [5.41, 5.74) is 2.65. The van der Waals surface area contributed by atoms with Gasteiger partial charge in [-0.15, -0.1) is 0 Å². The number of carbonyl (C=O) groups excluding carboxylic acids is 1. The molecular formula is C22H40O4. The highest BCUT2D eigenvalue weighted by Crippen LogP contribution is 2.10.